The van der Waals surface area contributed by atoms with Crippen molar-refractivity contribution < 1.29 is 8.42 Å². The molecule has 1 atom stereocenters. The summed E-state index contributed by atoms with van der Waals surface area (Å²) in [5.41, 5.74) is 0.911. The molecule has 1 unspecified atom stereocenters. The van der Waals surface area contributed by atoms with E-state index in [0.717, 1.165) is 17.9 Å². The Morgan fingerprint density at radius 3 is 2.78 bits per heavy atom. The Morgan fingerprint density at radius 2 is 2.17 bits per heavy atom. The second kappa shape index (κ2) is 4.91. The molecule has 0 N–H and O–H groups in total. The molecule has 1 aliphatic heterocycles. The van der Waals surface area contributed by atoms with Crippen LogP contribution < -0.4 is 0 Å². The third-order valence-electron chi connectivity index (χ3n) is 3.12. The molecular formula is C11H18N4O2S. The Balaban J connectivity index is 2.14. The van der Waals surface area contributed by atoms with Gasteiger partial charge >= 0.3 is 0 Å². The largest absolute Gasteiger partial charge is 0.281 e. The molecule has 1 aromatic heterocycles. The fraction of sp³-hybridized carbons (Fsp3) is 0.636. The first-order chi connectivity index (χ1) is 8.41. The minimum atomic E-state index is -3.32. The van der Waals surface area contributed by atoms with Crippen LogP contribution in [0.3, 0.4) is 0 Å². The van der Waals surface area contributed by atoms with Crippen molar-refractivity contribution in [1.82, 2.24) is 18.6 Å². The zero-order chi connectivity index (χ0) is 13.3. The number of aryl methyl sites for hydroxylation is 1. The van der Waals surface area contributed by atoms with Crippen LogP contribution in [0.5, 0.6) is 0 Å². The first kappa shape index (κ1) is 13.4. The average molecular weight is 270 g/mol. The molecule has 0 radical (unpaired) electrons. The molecule has 1 aromatic rings. The van der Waals surface area contributed by atoms with Crippen molar-refractivity contribution in [3.8, 4) is 0 Å². The zero-order valence-corrected chi connectivity index (χ0v) is 11.7. The second-order valence-electron chi connectivity index (χ2n) is 4.69. The molecule has 0 amide bonds. The van der Waals surface area contributed by atoms with Gasteiger partial charge in [0.1, 0.15) is 5.82 Å². The quantitative estimate of drug-likeness (QED) is 0.796. The lowest BCUT2D eigenvalue weighted by molar-refractivity contribution is 0.418. The predicted molar refractivity (Wildman–Crippen MR) is 68.3 cm³/mol. The van der Waals surface area contributed by atoms with E-state index in [0.29, 0.717) is 13.1 Å². The van der Waals surface area contributed by atoms with Gasteiger partial charge in [0.05, 0.1) is 0 Å². The van der Waals surface area contributed by atoms with Crippen molar-refractivity contribution in [3.63, 3.8) is 0 Å². The van der Waals surface area contributed by atoms with E-state index in [9.17, 15) is 8.42 Å². The summed E-state index contributed by atoms with van der Waals surface area (Å²) >= 11 is 0. The van der Waals surface area contributed by atoms with Gasteiger partial charge in [-0.2, -0.15) is 17.0 Å². The SMILES string of the molecule is Cc1ccnc(C2CCN(S(=O)(=O)N(C)C)C2)n1. The van der Waals surface area contributed by atoms with Crippen LogP contribution in [0.15, 0.2) is 12.3 Å². The van der Waals surface area contributed by atoms with E-state index in [4.69, 9.17) is 0 Å². The van der Waals surface area contributed by atoms with Crippen LogP contribution >= 0.6 is 0 Å². The Bertz CT molecular complexity index is 530. The maximum absolute atomic E-state index is 12.0. The third-order valence-corrected chi connectivity index (χ3v) is 5.02. The van der Waals surface area contributed by atoms with Crippen molar-refractivity contribution in [3.05, 3.63) is 23.8 Å². The topological polar surface area (TPSA) is 66.4 Å². The van der Waals surface area contributed by atoms with Crippen molar-refractivity contribution in [2.24, 2.45) is 0 Å². The molecule has 2 heterocycles. The fourth-order valence-corrected chi connectivity index (χ4v) is 3.21. The minimum absolute atomic E-state index is 0.0969. The lowest BCUT2D eigenvalue weighted by Gasteiger charge is -2.20. The summed E-state index contributed by atoms with van der Waals surface area (Å²) in [5.74, 6) is 0.839. The number of hydrogen-bond donors (Lipinski definition) is 0. The molecule has 2 rings (SSSR count). The van der Waals surface area contributed by atoms with E-state index >= 15 is 0 Å². The summed E-state index contributed by atoms with van der Waals surface area (Å²) < 4.78 is 26.7. The molecule has 6 nitrogen and oxygen atoms in total. The van der Waals surface area contributed by atoms with Gasteiger partial charge in [-0.3, -0.25) is 0 Å². The Labute approximate surface area is 108 Å². The molecule has 0 aliphatic carbocycles. The molecule has 7 heteroatoms. The molecule has 1 fully saturated rings. The highest BCUT2D eigenvalue weighted by atomic mass is 32.2. The standard InChI is InChI=1S/C11H18N4O2S/c1-9-4-6-12-11(13-9)10-5-7-15(8-10)18(16,17)14(2)3/h4,6,10H,5,7-8H2,1-3H3. The highest BCUT2D eigenvalue weighted by molar-refractivity contribution is 7.86. The average Bonchev–Trinajstić information content (AvgIpc) is 2.78. The van der Waals surface area contributed by atoms with Gasteiger partial charge in [-0.1, -0.05) is 0 Å². The lowest BCUT2D eigenvalue weighted by atomic mass is 10.1. The maximum Gasteiger partial charge on any atom is 0.281 e. The molecular weight excluding hydrogens is 252 g/mol. The number of rotatable bonds is 3. The highest BCUT2D eigenvalue weighted by Crippen LogP contribution is 2.27. The first-order valence-corrected chi connectivity index (χ1v) is 7.28. The summed E-state index contributed by atoms with van der Waals surface area (Å²) in [7, 11) is -0.222. The van der Waals surface area contributed by atoms with Crippen molar-refractivity contribution >= 4 is 10.2 Å². The summed E-state index contributed by atoms with van der Waals surface area (Å²) in [6, 6.07) is 1.84. The molecule has 1 aliphatic rings. The predicted octanol–water partition coefficient (Wildman–Crippen LogP) is 0.381. The number of hydrogen-bond acceptors (Lipinski definition) is 4. The van der Waals surface area contributed by atoms with Gasteiger partial charge in [-0.05, 0) is 19.4 Å². The zero-order valence-electron chi connectivity index (χ0n) is 10.9. The molecule has 100 valence electrons. The second-order valence-corrected chi connectivity index (χ2v) is 6.83. The van der Waals surface area contributed by atoms with Crippen LogP contribution in [-0.2, 0) is 10.2 Å². The highest BCUT2D eigenvalue weighted by Gasteiger charge is 2.34. The number of aromatic nitrogens is 2. The molecule has 18 heavy (non-hydrogen) atoms. The van der Waals surface area contributed by atoms with E-state index in [1.165, 1.54) is 8.61 Å². The van der Waals surface area contributed by atoms with Gasteiger partial charge in [-0.25, -0.2) is 9.97 Å². The van der Waals surface area contributed by atoms with Crippen molar-refractivity contribution in [2.45, 2.75) is 19.3 Å². The van der Waals surface area contributed by atoms with Crippen LogP contribution in [0, 0.1) is 6.92 Å². The summed E-state index contributed by atoms with van der Waals surface area (Å²) in [6.07, 6.45) is 2.50. The van der Waals surface area contributed by atoms with Gasteiger partial charge in [0.25, 0.3) is 10.2 Å². The van der Waals surface area contributed by atoms with Gasteiger partial charge in [0.2, 0.25) is 0 Å². The molecule has 0 saturated carbocycles. The summed E-state index contributed by atoms with van der Waals surface area (Å²) in [6.45, 7) is 2.90. The summed E-state index contributed by atoms with van der Waals surface area (Å²) in [5, 5.41) is 0. The first-order valence-electron chi connectivity index (χ1n) is 5.88. The van der Waals surface area contributed by atoms with Gasteiger partial charge in [0.15, 0.2) is 0 Å². The van der Waals surface area contributed by atoms with E-state index in [1.54, 1.807) is 20.3 Å². The number of nitrogens with zero attached hydrogens (tertiary/aromatic N) is 4. The molecule has 1 saturated heterocycles. The minimum Gasteiger partial charge on any atom is -0.241 e. The Morgan fingerprint density at radius 1 is 1.44 bits per heavy atom. The van der Waals surface area contributed by atoms with Gasteiger partial charge < -0.3 is 0 Å². The van der Waals surface area contributed by atoms with Crippen molar-refractivity contribution in [1.29, 1.82) is 0 Å². The van der Waals surface area contributed by atoms with Crippen LogP contribution in [-0.4, -0.2) is 54.2 Å². The normalized spacial score (nSPS) is 21.7. The van der Waals surface area contributed by atoms with Gasteiger partial charge in [0, 0.05) is 45.0 Å². The van der Waals surface area contributed by atoms with Gasteiger partial charge in [-0.15, -0.1) is 0 Å². The fourth-order valence-electron chi connectivity index (χ4n) is 2.04. The van der Waals surface area contributed by atoms with E-state index in [2.05, 4.69) is 9.97 Å². The van der Waals surface area contributed by atoms with E-state index < -0.39 is 10.2 Å². The Kier molecular flexibility index (Phi) is 3.65. The summed E-state index contributed by atoms with van der Waals surface area (Å²) in [4.78, 5) is 8.61. The van der Waals surface area contributed by atoms with Crippen LogP contribution in [0.4, 0.5) is 0 Å². The monoisotopic (exact) mass is 270 g/mol. The molecule has 0 aromatic carbocycles. The molecule has 0 bridgehead atoms. The van der Waals surface area contributed by atoms with E-state index in [-0.39, 0.29) is 5.92 Å². The third kappa shape index (κ3) is 2.52. The maximum atomic E-state index is 12.0. The van der Waals surface area contributed by atoms with Crippen LogP contribution in [0.2, 0.25) is 0 Å². The Hall–Kier alpha value is -1.05. The van der Waals surface area contributed by atoms with Crippen molar-refractivity contribution in [2.75, 3.05) is 27.2 Å². The lowest BCUT2D eigenvalue weighted by Crippen LogP contribution is -2.38. The van der Waals surface area contributed by atoms with E-state index in [1.807, 2.05) is 13.0 Å². The van der Waals surface area contributed by atoms with Crippen LogP contribution in [0.25, 0.3) is 0 Å². The molecule has 0 spiro atoms. The smallest absolute Gasteiger partial charge is 0.241 e. The van der Waals surface area contributed by atoms with Crippen LogP contribution in [0.1, 0.15) is 23.9 Å².